The van der Waals surface area contributed by atoms with Gasteiger partial charge in [-0.25, -0.2) is 23.4 Å². The molecule has 188 valence electrons. The van der Waals surface area contributed by atoms with E-state index in [1.807, 2.05) is 19.9 Å². The zero-order valence-electron chi connectivity index (χ0n) is 19.8. The van der Waals surface area contributed by atoms with E-state index in [0.29, 0.717) is 22.3 Å². The number of rotatable bonds is 9. The van der Waals surface area contributed by atoms with Crippen LogP contribution in [0, 0.1) is 0 Å². The minimum Gasteiger partial charge on any atom is -0.475 e. The Balaban J connectivity index is 1.70. The zero-order valence-corrected chi connectivity index (χ0v) is 21.4. The minimum absolute atomic E-state index is 0.225. The predicted octanol–water partition coefficient (Wildman–Crippen LogP) is 2.83. The summed E-state index contributed by atoms with van der Waals surface area (Å²) in [6.07, 6.45) is 3.30. The van der Waals surface area contributed by atoms with Gasteiger partial charge in [0.1, 0.15) is 24.3 Å². The molecule has 0 radical (unpaired) electrons. The van der Waals surface area contributed by atoms with Gasteiger partial charge in [0.15, 0.2) is 21.5 Å². The van der Waals surface area contributed by atoms with E-state index in [2.05, 4.69) is 25.1 Å². The molecule has 0 bridgehead atoms. The fraction of sp³-hybridized carbons (Fsp3) is 0.500. The first-order chi connectivity index (χ1) is 16.7. The van der Waals surface area contributed by atoms with Gasteiger partial charge < -0.3 is 18.8 Å². The van der Waals surface area contributed by atoms with E-state index >= 15 is 0 Å². The molecule has 0 unspecified atom stereocenters. The Morgan fingerprint density at radius 2 is 1.94 bits per heavy atom. The maximum absolute atomic E-state index is 13.6. The van der Waals surface area contributed by atoms with Crippen LogP contribution in [-0.2, 0) is 25.1 Å². The number of hydrogen-bond acceptors (Lipinski definition) is 10. The topological polar surface area (TPSA) is 131 Å². The average Bonchev–Trinajstić information content (AvgIpc) is 3.15. The van der Waals surface area contributed by atoms with Crippen molar-refractivity contribution in [1.82, 2.24) is 29.7 Å². The number of sulfone groups is 1. The van der Waals surface area contributed by atoms with E-state index in [9.17, 15) is 8.42 Å². The molecule has 3 aromatic heterocycles. The molecule has 0 spiro atoms. The van der Waals surface area contributed by atoms with Gasteiger partial charge in [-0.15, -0.1) is 10.2 Å². The first-order valence-electron chi connectivity index (χ1n) is 11.1. The van der Waals surface area contributed by atoms with E-state index in [1.165, 1.54) is 12.4 Å². The number of methoxy groups -OCH3 is 1. The Hall–Kier alpha value is -2.67. The van der Waals surface area contributed by atoms with Crippen LogP contribution in [0.15, 0.2) is 30.7 Å². The molecule has 13 heteroatoms. The third kappa shape index (κ3) is 5.45. The van der Waals surface area contributed by atoms with Crippen LogP contribution in [-0.4, -0.2) is 69.8 Å². The predicted molar refractivity (Wildman–Crippen MR) is 128 cm³/mol. The summed E-state index contributed by atoms with van der Waals surface area (Å²) in [7, 11) is -2.24. The summed E-state index contributed by atoms with van der Waals surface area (Å²) in [4.78, 5) is 12.7. The van der Waals surface area contributed by atoms with Gasteiger partial charge in [-0.2, -0.15) is 0 Å². The lowest BCUT2D eigenvalue weighted by atomic mass is 10.2. The van der Waals surface area contributed by atoms with Gasteiger partial charge in [-0.1, -0.05) is 11.6 Å². The molecule has 0 amide bonds. The highest BCUT2D eigenvalue weighted by Gasteiger charge is 2.37. The molecule has 3 atom stereocenters. The van der Waals surface area contributed by atoms with E-state index in [4.69, 9.17) is 25.8 Å². The van der Waals surface area contributed by atoms with Crippen LogP contribution in [0.1, 0.15) is 44.6 Å². The molecule has 0 aliphatic carbocycles. The molecule has 1 aliphatic heterocycles. The van der Waals surface area contributed by atoms with Gasteiger partial charge in [-0.05, 0) is 32.9 Å². The van der Waals surface area contributed by atoms with E-state index < -0.39 is 21.2 Å². The van der Waals surface area contributed by atoms with Crippen molar-refractivity contribution in [3.05, 3.63) is 47.4 Å². The van der Waals surface area contributed by atoms with Crippen LogP contribution in [0.5, 0.6) is 5.88 Å². The molecule has 4 heterocycles. The van der Waals surface area contributed by atoms with Crippen LogP contribution in [0.4, 0.5) is 0 Å². The molecule has 1 aliphatic rings. The van der Waals surface area contributed by atoms with Crippen molar-refractivity contribution in [2.45, 2.75) is 50.0 Å². The lowest BCUT2D eigenvalue weighted by molar-refractivity contribution is 0.00142. The SMILES string of the molecule is COC[C@H]1COc2ncccc2-c2nnc(CS(=O)(=O)[C@@H](C)[C@@H](OC(C)C)c3ncc(Cl)cn3)n21. The van der Waals surface area contributed by atoms with Gasteiger partial charge >= 0.3 is 0 Å². The molecule has 35 heavy (non-hydrogen) atoms. The highest BCUT2D eigenvalue weighted by Crippen LogP contribution is 2.34. The van der Waals surface area contributed by atoms with Crippen molar-refractivity contribution in [1.29, 1.82) is 0 Å². The number of hydrogen-bond donors (Lipinski definition) is 0. The first kappa shape index (κ1) is 25.4. The number of pyridine rings is 1. The van der Waals surface area contributed by atoms with E-state index in [-0.39, 0.29) is 42.8 Å². The van der Waals surface area contributed by atoms with Crippen LogP contribution in [0.25, 0.3) is 11.4 Å². The summed E-state index contributed by atoms with van der Waals surface area (Å²) in [6.45, 7) is 5.72. The standard InChI is InChI=1S/C22H27ClN6O5S/c1-13(2)34-19(20-25-8-15(23)9-26-20)14(3)35(30,31)12-18-27-28-21-17-6-5-7-24-22(17)33-11-16(10-32-4)29(18)21/h5-9,13-14,16,19H,10-12H2,1-4H3/t14-,16-,19+/m0/s1. The van der Waals surface area contributed by atoms with Crippen LogP contribution in [0.3, 0.4) is 0 Å². The van der Waals surface area contributed by atoms with Crippen molar-refractivity contribution < 1.29 is 22.6 Å². The highest BCUT2D eigenvalue weighted by atomic mass is 35.5. The molecular formula is C22H27ClN6O5S. The summed E-state index contributed by atoms with van der Waals surface area (Å²) in [5.74, 6) is 1.02. The van der Waals surface area contributed by atoms with Gasteiger partial charge in [0.2, 0.25) is 5.88 Å². The summed E-state index contributed by atoms with van der Waals surface area (Å²) < 4.78 is 46.2. The van der Waals surface area contributed by atoms with Gasteiger partial charge in [0.05, 0.1) is 34.6 Å². The summed E-state index contributed by atoms with van der Waals surface area (Å²) in [5.41, 5.74) is 0.630. The van der Waals surface area contributed by atoms with Gasteiger partial charge in [0, 0.05) is 25.7 Å². The van der Waals surface area contributed by atoms with Crippen LogP contribution < -0.4 is 4.74 Å². The van der Waals surface area contributed by atoms with Crippen molar-refractivity contribution in [3.63, 3.8) is 0 Å². The zero-order chi connectivity index (χ0) is 25.2. The average molecular weight is 523 g/mol. The lowest BCUT2D eigenvalue weighted by Crippen LogP contribution is -2.32. The minimum atomic E-state index is -3.81. The fourth-order valence-corrected chi connectivity index (χ4v) is 5.35. The third-order valence-corrected chi connectivity index (χ3v) is 7.79. The molecular weight excluding hydrogens is 496 g/mol. The van der Waals surface area contributed by atoms with Gasteiger partial charge in [-0.3, -0.25) is 0 Å². The Labute approximate surface area is 208 Å². The number of nitrogens with zero attached hydrogens (tertiary/aromatic N) is 6. The van der Waals surface area contributed by atoms with Crippen molar-refractivity contribution in [2.75, 3.05) is 20.3 Å². The second-order valence-electron chi connectivity index (χ2n) is 8.46. The second kappa shape index (κ2) is 10.5. The maximum atomic E-state index is 13.6. The molecule has 11 nitrogen and oxygen atoms in total. The quantitative estimate of drug-likeness (QED) is 0.413. The van der Waals surface area contributed by atoms with Crippen molar-refractivity contribution in [3.8, 4) is 17.3 Å². The molecule has 3 aromatic rings. The normalized spacial score (nSPS) is 17.3. The number of ether oxygens (including phenoxy) is 3. The molecule has 0 saturated heterocycles. The van der Waals surface area contributed by atoms with Crippen molar-refractivity contribution in [2.24, 2.45) is 0 Å². The third-order valence-electron chi connectivity index (χ3n) is 5.55. The van der Waals surface area contributed by atoms with E-state index in [0.717, 1.165) is 0 Å². The fourth-order valence-electron chi connectivity index (χ4n) is 3.87. The van der Waals surface area contributed by atoms with Crippen LogP contribution in [0.2, 0.25) is 5.02 Å². The van der Waals surface area contributed by atoms with Crippen LogP contribution >= 0.6 is 11.6 Å². The number of aromatic nitrogens is 6. The summed E-state index contributed by atoms with van der Waals surface area (Å²) in [5, 5.41) is 7.92. The summed E-state index contributed by atoms with van der Waals surface area (Å²) >= 11 is 5.92. The monoisotopic (exact) mass is 522 g/mol. The Morgan fingerprint density at radius 3 is 2.63 bits per heavy atom. The Morgan fingerprint density at radius 1 is 1.20 bits per heavy atom. The molecule has 0 fully saturated rings. The largest absolute Gasteiger partial charge is 0.475 e. The Kier molecular flexibility index (Phi) is 7.64. The van der Waals surface area contributed by atoms with Gasteiger partial charge in [0.25, 0.3) is 0 Å². The summed E-state index contributed by atoms with van der Waals surface area (Å²) in [6, 6.07) is 3.22. The van der Waals surface area contributed by atoms with Crippen molar-refractivity contribution >= 4 is 21.4 Å². The Bertz CT molecular complexity index is 1270. The first-order valence-corrected chi connectivity index (χ1v) is 13.2. The second-order valence-corrected chi connectivity index (χ2v) is 11.3. The number of halogens is 1. The molecule has 4 rings (SSSR count). The van der Waals surface area contributed by atoms with E-state index in [1.54, 1.807) is 30.9 Å². The lowest BCUT2D eigenvalue weighted by Gasteiger charge is -2.25. The molecule has 0 N–H and O–H groups in total. The highest BCUT2D eigenvalue weighted by molar-refractivity contribution is 7.91. The molecule has 0 aromatic carbocycles. The molecule has 0 saturated carbocycles. The maximum Gasteiger partial charge on any atom is 0.224 e. The number of fused-ring (bicyclic) bond motifs is 3. The smallest absolute Gasteiger partial charge is 0.224 e.